The van der Waals surface area contributed by atoms with Gasteiger partial charge in [-0.15, -0.1) is 0 Å². The molecule has 6 rings (SSSR count). The fourth-order valence-electron chi connectivity index (χ4n) is 7.66. The first-order valence-corrected chi connectivity index (χ1v) is 15.2. The van der Waals surface area contributed by atoms with E-state index < -0.39 is 6.29 Å². The summed E-state index contributed by atoms with van der Waals surface area (Å²) in [7, 11) is 0. The molecule has 1 aliphatic carbocycles. The van der Waals surface area contributed by atoms with Gasteiger partial charge in [0.05, 0.1) is 24.4 Å². The van der Waals surface area contributed by atoms with Crippen molar-refractivity contribution in [2.45, 2.75) is 84.1 Å². The van der Waals surface area contributed by atoms with E-state index in [-0.39, 0.29) is 24.7 Å². The third-order valence-corrected chi connectivity index (χ3v) is 9.20. The van der Waals surface area contributed by atoms with E-state index in [1.165, 1.54) is 19.3 Å². The normalized spacial score (nSPS) is 28.9. The predicted octanol–water partition coefficient (Wildman–Crippen LogP) is 5.95. The molecule has 42 heavy (non-hydrogen) atoms. The van der Waals surface area contributed by atoms with Crippen LogP contribution < -0.4 is 5.32 Å². The SMILES string of the molecule is CC1(C)CC2CC(C)(CN2C[C@H]2C[C@@H](c3ccc(CO)cc3)O[C@@H](c3ccc(CNC(=O)c4cccnc4)cc3)O2)C1. The molecule has 2 unspecified atom stereocenters. The maximum atomic E-state index is 12.4. The lowest BCUT2D eigenvalue weighted by molar-refractivity contribution is -0.253. The average molecular weight is 570 g/mol. The molecule has 3 aliphatic rings. The van der Waals surface area contributed by atoms with E-state index >= 15 is 0 Å². The summed E-state index contributed by atoms with van der Waals surface area (Å²) in [5, 5.41) is 12.5. The number of aliphatic hydroxyl groups excluding tert-OH is 1. The van der Waals surface area contributed by atoms with Crippen LogP contribution in [0.1, 0.15) is 91.5 Å². The van der Waals surface area contributed by atoms with Gasteiger partial charge in [0, 0.05) is 50.1 Å². The second kappa shape index (κ2) is 11.9. The highest BCUT2D eigenvalue weighted by atomic mass is 16.7. The lowest BCUT2D eigenvalue weighted by Gasteiger charge is -2.41. The van der Waals surface area contributed by atoms with Gasteiger partial charge in [0.15, 0.2) is 6.29 Å². The van der Waals surface area contributed by atoms with E-state index in [9.17, 15) is 9.90 Å². The van der Waals surface area contributed by atoms with Crippen molar-refractivity contribution < 1.29 is 19.4 Å². The number of amides is 1. The second-order valence-electron chi connectivity index (χ2n) is 13.7. The average Bonchev–Trinajstić information content (AvgIpc) is 3.23. The number of carbonyl (C=O) groups excluding carboxylic acids is 1. The number of ether oxygens (including phenoxy) is 2. The van der Waals surface area contributed by atoms with Crippen molar-refractivity contribution >= 4 is 5.91 Å². The van der Waals surface area contributed by atoms with Crippen molar-refractivity contribution in [3.05, 3.63) is 101 Å². The Hall–Kier alpha value is -3.10. The Morgan fingerprint density at radius 2 is 1.74 bits per heavy atom. The number of benzene rings is 2. The molecule has 7 nitrogen and oxygen atoms in total. The third-order valence-electron chi connectivity index (χ3n) is 9.20. The summed E-state index contributed by atoms with van der Waals surface area (Å²) in [6.45, 7) is 9.78. The third kappa shape index (κ3) is 6.60. The van der Waals surface area contributed by atoms with Crippen molar-refractivity contribution in [1.29, 1.82) is 0 Å². The molecule has 5 atom stereocenters. The van der Waals surface area contributed by atoms with E-state index in [2.05, 4.69) is 48.1 Å². The van der Waals surface area contributed by atoms with Crippen LogP contribution in [0, 0.1) is 10.8 Å². The number of hydrogen-bond acceptors (Lipinski definition) is 6. The quantitative estimate of drug-likeness (QED) is 0.349. The Balaban J connectivity index is 1.16. The molecule has 2 aromatic carbocycles. The number of aromatic nitrogens is 1. The smallest absolute Gasteiger partial charge is 0.253 e. The van der Waals surface area contributed by atoms with Gasteiger partial charge in [0.2, 0.25) is 0 Å². The van der Waals surface area contributed by atoms with E-state index in [1.807, 2.05) is 36.4 Å². The summed E-state index contributed by atoms with van der Waals surface area (Å²) in [6, 6.07) is 20.3. The van der Waals surface area contributed by atoms with Gasteiger partial charge in [-0.2, -0.15) is 0 Å². The standard InChI is InChI=1S/C35H43N3O4/c1-34(2)16-29-17-35(3,22-34)23-38(29)20-30-15-31(26-10-8-25(21-39)9-11-26)42-33(41-30)27-12-6-24(7-13-27)18-37-32(40)28-5-4-14-36-19-28/h4-14,19,29-31,33,39H,15-18,20-23H2,1-3H3,(H,37,40)/t29?,30-,31+,33+,35?/m1/s1. The molecule has 1 aromatic heterocycles. The molecule has 3 heterocycles. The molecule has 7 heteroatoms. The first-order valence-electron chi connectivity index (χ1n) is 15.2. The predicted molar refractivity (Wildman–Crippen MR) is 161 cm³/mol. The lowest BCUT2D eigenvalue weighted by atomic mass is 9.65. The molecule has 0 spiro atoms. The highest BCUT2D eigenvalue weighted by molar-refractivity contribution is 5.93. The van der Waals surface area contributed by atoms with Crippen molar-refractivity contribution in [2.24, 2.45) is 10.8 Å². The summed E-state index contributed by atoms with van der Waals surface area (Å²) in [5.41, 5.74) is 5.26. The van der Waals surface area contributed by atoms with E-state index in [0.717, 1.165) is 41.8 Å². The molecule has 2 aliphatic heterocycles. The maximum Gasteiger partial charge on any atom is 0.253 e. The van der Waals surface area contributed by atoms with Crippen LogP contribution in [0.3, 0.4) is 0 Å². The molecule has 2 saturated heterocycles. The minimum atomic E-state index is -0.487. The fourth-order valence-corrected chi connectivity index (χ4v) is 7.66. The highest BCUT2D eigenvalue weighted by Crippen LogP contribution is 2.53. The minimum Gasteiger partial charge on any atom is -0.392 e. The van der Waals surface area contributed by atoms with Gasteiger partial charge in [0.25, 0.3) is 5.91 Å². The Morgan fingerprint density at radius 1 is 1.00 bits per heavy atom. The first kappa shape index (κ1) is 29.0. The summed E-state index contributed by atoms with van der Waals surface area (Å²) < 4.78 is 13.3. The number of hydrogen-bond donors (Lipinski definition) is 2. The van der Waals surface area contributed by atoms with Crippen molar-refractivity contribution in [3.63, 3.8) is 0 Å². The number of carbonyl (C=O) groups is 1. The Labute approximate surface area is 249 Å². The van der Waals surface area contributed by atoms with Gasteiger partial charge in [-0.1, -0.05) is 69.3 Å². The summed E-state index contributed by atoms with van der Waals surface area (Å²) in [4.78, 5) is 19.1. The lowest BCUT2D eigenvalue weighted by Crippen LogP contribution is -2.42. The molecule has 2 bridgehead atoms. The largest absolute Gasteiger partial charge is 0.392 e. The Kier molecular flexibility index (Phi) is 8.20. The number of aliphatic hydroxyl groups is 1. The van der Waals surface area contributed by atoms with Crippen molar-refractivity contribution in [2.75, 3.05) is 13.1 Å². The van der Waals surface area contributed by atoms with Gasteiger partial charge < -0.3 is 19.9 Å². The topological polar surface area (TPSA) is 83.9 Å². The van der Waals surface area contributed by atoms with Crippen LogP contribution in [0.25, 0.3) is 0 Å². The zero-order chi connectivity index (χ0) is 29.3. The van der Waals surface area contributed by atoms with E-state index in [1.54, 1.807) is 24.5 Å². The summed E-state index contributed by atoms with van der Waals surface area (Å²) >= 11 is 0. The molecule has 222 valence electrons. The van der Waals surface area contributed by atoms with Crippen LogP contribution in [0.2, 0.25) is 0 Å². The van der Waals surface area contributed by atoms with Crippen LogP contribution in [0.5, 0.6) is 0 Å². The Bertz CT molecular complexity index is 1360. The minimum absolute atomic E-state index is 0.0284. The van der Waals surface area contributed by atoms with Gasteiger partial charge in [-0.25, -0.2) is 0 Å². The highest BCUT2D eigenvalue weighted by Gasteiger charge is 2.50. The number of nitrogens with one attached hydrogen (secondary N) is 1. The van der Waals surface area contributed by atoms with Crippen LogP contribution in [0.15, 0.2) is 73.1 Å². The molecule has 1 amide bonds. The van der Waals surface area contributed by atoms with Crippen molar-refractivity contribution in [3.8, 4) is 0 Å². The zero-order valence-corrected chi connectivity index (χ0v) is 25.0. The van der Waals surface area contributed by atoms with Gasteiger partial charge >= 0.3 is 0 Å². The molecular weight excluding hydrogens is 526 g/mol. The van der Waals surface area contributed by atoms with Crippen LogP contribution in [0.4, 0.5) is 0 Å². The Morgan fingerprint density at radius 3 is 2.45 bits per heavy atom. The monoisotopic (exact) mass is 569 g/mol. The number of nitrogens with zero attached hydrogens (tertiary/aromatic N) is 2. The van der Waals surface area contributed by atoms with Crippen LogP contribution in [-0.2, 0) is 22.6 Å². The molecule has 3 fully saturated rings. The number of likely N-dealkylation sites (tertiary alicyclic amines) is 1. The second-order valence-corrected chi connectivity index (χ2v) is 13.7. The van der Waals surface area contributed by atoms with Crippen molar-refractivity contribution in [1.82, 2.24) is 15.2 Å². The van der Waals surface area contributed by atoms with E-state index in [0.29, 0.717) is 29.0 Å². The summed E-state index contributed by atoms with van der Waals surface area (Å²) in [5.74, 6) is -0.146. The number of rotatable bonds is 8. The molecule has 3 aromatic rings. The van der Waals surface area contributed by atoms with Gasteiger partial charge in [-0.3, -0.25) is 14.7 Å². The van der Waals surface area contributed by atoms with Gasteiger partial charge in [0.1, 0.15) is 0 Å². The molecular formula is C35H43N3O4. The zero-order valence-electron chi connectivity index (χ0n) is 25.0. The summed E-state index contributed by atoms with van der Waals surface area (Å²) in [6.07, 6.45) is 7.24. The molecule has 2 N–H and O–H groups in total. The van der Waals surface area contributed by atoms with Gasteiger partial charge in [-0.05, 0) is 58.9 Å². The van der Waals surface area contributed by atoms with E-state index in [4.69, 9.17) is 9.47 Å². The molecule has 0 radical (unpaired) electrons. The van der Waals surface area contributed by atoms with Crippen LogP contribution in [-0.4, -0.2) is 46.1 Å². The maximum absolute atomic E-state index is 12.4. The number of pyridine rings is 1. The van der Waals surface area contributed by atoms with Crippen LogP contribution >= 0.6 is 0 Å². The first-order chi connectivity index (χ1) is 20.2. The number of fused-ring (bicyclic) bond motifs is 2. The fraction of sp³-hybridized carbons (Fsp3) is 0.486. The molecule has 1 saturated carbocycles.